The quantitative estimate of drug-likeness (QED) is 0.553. The predicted molar refractivity (Wildman–Crippen MR) is 44.1 cm³/mol. The molecule has 0 N–H and O–H groups in total. The Morgan fingerprint density at radius 3 is 2.27 bits per heavy atom. The molecule has 4 heteroatoms. The second-order valence-corrected chi connectivity index (χ2v) is 3.23. The maximum Gasteiger partial charge on any atom is 0.0523 e. The average molecular weight is 157 g/mol. The normalized spacial score (nSPS) is 20.8. The van der Waals surface area contributed by atoms with Gasteiger partial charge < -0.3 is 4.90 Å². The summed E-state index contributed by atoms with van der Waals surface area (Å²) >= 11 is 0. The molecule has 0 amide bonds. The van der Waals surface area contributed by atoms with Crippen molar-refractivity contribution in [2.45, 2.75) is 18.9 Å². The first-order valence-electron chi connectivity index (χ1n) is 3.98. The molecule has 0 aliphatic carbocycles. The van der Waals surface area contributed by atoms with Crippen molar-refractivity contribution in [2.75, 3.05) is 27.2 Å². The van der Waals surface area contributed by atoms with Crippen LogP contribution in [0.3, 0.4) is 0 Å². The van der Waals surface area contributed by atoms with Crippen molar-refractivity contribution in [1.82, 2.24) is 9.91 Å². The molecule has 0 aromatic carbocycles. The van der Waals surface area contributed by atoms with Crippen LogP contribution < -0.4 is 0 Å². The Hall–Kier alpha value is -0.640. The maximum absolute atomic E-state index is 10.1. The minimum absolute atomic E-state index is 0.632. The van der Waals surface area contributed by atoms with E-state index >= 15 is 0 Å². The van der Waals surface area contributed by atoms with E-state index in [0.717, 1.165) is 25.9 Å². The Bertz CT molecular complexity index is 130. The van der Waals surface area contributed by atoms with Gasteiger partial charge in [-0.25, -0.2) is 0 Å². The van der Waals surface area contributed by atoms with Crippen molar-refractivity contribution in [3.8, 4) is 0 Å². The highest BCUT2D eigenvalue weighted by molar-refractivity contribution is 4.74. The van der Waals surface area contributed by atoms with E-state index < -0.39 is 0 Å². The molecule has 1 fully saturated rings. The zero-order valence-electron chi connectivity index (χ0n) is 7.16. The number of hydrogen-bond donors (Lipinski definition) is 0. The van der Waals surface area contributed by atoms with Crippen LogP contribution in [0, 0.1) is 4.91 Å². The fraction of sp³-hybridized carbons (Fsp3) is 1.00. The van der Waals surface area contributed by atoms with Gasteiger partial charge in [0.25, 0.3) is 0 Å². The van der Waals surface area contributed by atoms with E-state index in [4.69, 9.17) is 0 Å². The van der Waals surface area contributed by atoms with Crippen LogP contribution >= 0.6 is 0 Å². The Morgan fingerprint density at radius 2 is 1.91 bits per heavy atom. The summed E-state index contributed by atoms with van der Waals surface area (Å²) in [6.07, 6.45) is 2.11. The first-order valence-corrected chi connectivity index (χ1v) is 3.98. The molecule has 0 spiro atoms. The van der Waals surface area contributed by atoms with Crippen LogP contribution in [0.1, 0.15) is 12.8 Å². The molecule has 64 valence electrons. The number of rotatable bonds is 2. The van der Waals surface area contributed by atoms with E-state index in [0.29, 0.717) is 6.04 Å². The second-order valence-electron chi connectivity index (χ2n) is 3.23. The summed E-state index contributed by atoms with van der Waals surface area (Å²) < 4.78 is 0. The van der Waals surface area contributed by atoms with E-state index in [1.807, 2.05) is 0 Å². The van der Waals surface area contributed by atoms with Crippen LogP contribution in [0.25, 0.3) is 0 Å². The second kappa shape index (κ2) is 3.67. The summed E-state index contributed by atoms with van der Waals surface area (Å²) in [5.41, 5.74) is 0. The number of piperidine rings is 1. The van der Waals surface area contributed by atoms with Gasteiger partial charge in [-0.2, -0.15) is 0 Å². The lowest BCUT2D eigenvalue weighted by molar-refractivity contribution is 0.147. The SMILES string of the molecule is CN(C)C1CCN(N=O)CC1. The Morgan fingerprint density at radius 1 is 1.36 bits per heavy atom. The lowest BCUT2D eigenvalue weighted by atomic mass is 10.1. The number of hydrogen-bond acceptors (Lipinski definition) is 3. The zero-order valence-corrected chi connectivity index (χ0v) is 7.16. The summed E-state index contributed by atoms with van der Waals surface area (Å²) in [5, 5.41) is 4.50. The molecule has 0 bridgehead atoms. The first-order chi connectivity index (χ1) is 5.24. The minimum atomic E-state index is 0.632. The van der Waals surface area contributed by atoms with E-state index in [2.05, 4.69) is 24.3 Å². The topological polar surface area (TPSA) is 35.9 Å². The summed E-state index contributed by atoms with van der Waals surface area (Å²) in [6, 6.07) is 0.632. The molecule has 0 aromatic rings. The average Bonchev–Trinajstić information content (AvgIpc) is 2.05. The summed E-state index contributed by atoms with van der Waals surface area (Å²) in [5.74, 6) is 0. The van der Waals surface area contributed by atoms with Gasteiger partial charge in [-0.1, -0.05) is 0 Å². The molecule has 1 heterocycles. The summed E-state index contributed by atoms with van der Waals surface area (Å²) in [7, 11) is 4.16. The third-order valence-corrected chi connectivity index (χ3v) is 2.29. The minimum Gasteiger partial charge on any atom is -0.306 e. The monoisotopic (exact) mass is 157 g/mol. The molecule has 11 heavy (non-hydrogen) atoms. The molecule has 1 aliphatic rings. The van der Waals surface area contributed by atoms with Crippen LogP contribution in [-0.2, 0) is 0 Å². The largest absolute Gasteiger partial charge is 0.306 e. The van der Waals surface area contributed by atoms with Crippen molar-refractivity contribution < 1.29 is 0 Å². The molecule has 0 radical (unpaired) electrons. The molecule has 4 nitrogen and oxygen atoms in total. The molecule has 1 aliphatic heterocycles. The lowest BCUT2D eigenvalue weighted by Crippen LogP contribution is -2.39. The highest BCUT2D eigenvalue weighted by Crippen LogP contribution is 2.13. The first kappa shape index (κ1) is 8.46. The highest BCUT2D eigenvalue weighted by atomic mass is 16.3. The third kappa shape index (κ3) is 2.15. The van der Waals surface area contributed by atoms with Gasteiger partial charge in [0.05, 0.1) is 5.29 Å². The van der Waals surface area contributed by atoms with Gasteiger partial charge in [0.1, 0.15) is 0 Å². The van der Waals surface area contributed by atoms with Gasteiger partial charge in [0.2, 0.25) is 0 Å². The van der Waals surface area contributed by atoms with Gasteiger partial charge in [-0.15, -0.1) is 4.91 Å². The lowest BCUT2D eigenvalue weighted by Gasteiger charge is -2.31. The van der Waals surface area contributed by atoms with Crippen molar-refractivity contribution in [3.63, 3.8) is 0 Å². The summed E-state index contributed by atoms with van der Waals surface area (Å²) in [4.78, 5) is 12.3. The highest BCUT2D eigenvalue weighted by Gasteiger charge is 2.19. The predicted octanol–water partition coefficient (Wildman–Crippen LogP) is 0.694. The molecular weight excluding hydrogens is 142 g/mol. The molecule has 0 atom stereocenters. The van der Waals surface area contributed by atoms with Crippen LogP contribution in [0.2, 0.25) is 0 Å². The molecule has 0 unspecified atom stereocenters. The fourth-order valence-corrected chi connectivity index (χ4v) is 1.45. The fourth-order valence-electron chi connectivity index (χ4n) is 1.45. The van der Waals surface area contributed by atoms with E-state index in [1.54, 1.807) is 5.01 Å². The summed E-state index contributed by atoms with van der Waals surface area (Å²) in [6.45, 7) is 1.62. The van der Waals surface area contributed by atoms with Crippen LogP contribution in [0.4, 0.5) is 0 Å². The molecule has 0 saturated carbocycles. The van der Waals surface area contributed by atoms with Crippen LogP contribution in [0.15, 0.2) is 5.29 Å². The molecule has 0 aromatic heterocycles. The van der Waals surface area contributed by atoms with Gasteiger partial charge >= 0.3 is 0 Å². The van der Waals surface area contributed by atoms with Gasteiger partial charge in [0, 0.05) is 19.1 Å². The molecule has 1 saturated heterocycles. The van der Waals surface area contributed by atoms with Crippen molar-refractivity contribution in [2.24, 2.45) is 5.29 Å². The Labute approximate surface area is 67.1 Å². The Balaban J connectivity index is 2.29. The number of nitroso groups, excluding NO2 is 1. The van der Waals surface area contributed by atoms with Crippen molar-refractivity contribution >= 4 is 0 Å². The van der Waals surface area contributed by atoms with Crippen LogP contribution in [0.5, 0.6) is 0 Å². The molecular formula is C7H15N3O. The van der Waals surface area contributed by atoms with E-state index in [9.17, 15) is 4.91 Å². The van der Waals surface area contributed by atoms with E-state index in [1.165, 1.54) is 0 Å². The van der Waals surface area contributed by atoms with Crippen molar-refractivity contribution in [1.29, 1.82) is 0 Å². The third-order valence-electron chi connectivity index (χ3n) is 2.29. The van der Waals surface area contributed by atoms with Crippen molar-refractivity contribution in [3.05, 3.63) is 4.91 Å². The van der Waals surface area contributed by atoms with E-state index in [-0.39, 0.29) is 0 Å². The van der Waals surface area contributed by atoms with Crippen LogP contribution in [-0.4, -0.2) is 43.1 Å². The van der Waals surface area contributed by atoms with Gasteiger partial charge in [-0.3, -0.25) is 5.01 Å². The number of nitrogens with zero attached hydrogens (tertiary/aromatic N) is 3. The standard InChI is InChI=1S/C7H15N3O/c1-9(2)7-3-5-10(8-11)6-4-7/h7H,3-6H2,1-2H3. The zero-order chi connectivity index (χ0) is 8.27. The smallest absolute Gasteiger partial charge is 0.0523 e. The maximum atomic E-state index is 10.1. The Kier molecular flexibility index (Phi) is 2.82. The molecule has 1 rings (SSSR count). The van der Waals surface area contributed by atoms with Gasteiger partial charge in [0.15, 0.2) is 0 Å². The van der Waals surface area contributed by atoms with Gasteiger partial charge in [-0.05, 0) is 26.9 Å².